The normalized spacial score (nSPS) is 19.0. The van der Waals surface area contributed by atoms with Crippen LogP contribution in [0.4, 0.5) is 10.1 Å². The molecule has 2 aromatic rings. The third-order valence-electron chi connectivity index (χ3n) is 5.77. The second kappa shape index (κ2) is 11.6. The second-order valence-electron chi connectivity index (χ2n) is 8.27. The summed E-state index contributed by atoms with van der Waals surface area (Å²) in [5.74, 6) is -0.951. The number of rotatable bonds is 9. The largest absolute Gasteiger partial charge is 0.356 e. The number of benzene rings is 2. The van der Waals surface area contributed by atoms with Gasteiger partial charge < -0.3 is 15.5 Å². The molecule has 0 spiro atoms. The molecule has 0 radical (unpaired) electrons. The Morgan fingerprint density at radius 1 is 1.00 bits per heavy atom. The highest BCUT2D eigenvalue weighted by molar-refractivity contribution is 5.93. The quantitative estimate of drug-likeness (QED) is 0.600. The highest BCUT2D eigenvalue weighted by Gasteiger charge is 2.34. The van der Waals surface area contributed by atoms with Gasteiger partial charge in [0, 0.05) is 31.9 Å². The maximum atomic E-state index is 13.2. The van der Waals surface area contributed by atoms with E-state index in [0.29, 0.717) is 31.7 Å². The van der Waals surface area contributed by atoms with Gasteiger partial charge in [0.15, 0.2) is 0 Å². The van der Waals surface area contributed by atoms with Crippen LogP contribution in [-0.2, 0) is 16.0 Å². The SMILES string of the molecule is CCCCNC(=O)[C@H]1C[C@@H](C(=O)Nc2ccc(F)cc2)CN(CCc2ccccc2)C1. The van der Waals surface area contributed by atoms with Crippen molar-refractivity contribution in [3.8, 4) is 0 Å². The molecule has 0 aliphatic carbocycles. The lowest BCUT2D eigenvalue weighted by Gasteiger charge is -2.36. The molecule has 1 heterocycles. The van der Waals surface area contributed by atoms with Crippen molar-refractivity contribution >= 4 is 17.5 Å². The molecule has 166 valence electrons. The second-order valence-corrected chi connectivity index (χ2v) is 8.27. The number of hydrogen-bond donors (Lipinski definition) is 2. The molecule has 1 fully saturated rings. The number of halogens is 1. The van der Waals surface area contributed by atoms with Crippen LogP contribution in [0.15, 0.2) is 54.6 Å². The van der Waals surface area contributed by atoms with Gasteiger partial charge in [0.25, 0.3) is 0 Å². The van der Waals surface area contributed by atoms with Crippen molar-refractivity contribution in [2.45, 2.75) is 32.6 Å². The fourth-order valence-electron chi connectivity index (χ4n) is 4.00. The molecule has 1 saturated heterocycles. The van der Waals surface area contributed by atoms with Gasteiger partial charge in [-0.15, -0.1) is 0 Å². The Kier molecular flexibility index (Phi) is 8.59. The molecule has 2 N–H and O–H groups in total. The Balaban J connectivity index is 1.65. The van der Waals surface area contributed by atoms with E-state index >= 15 is 0 Å². The summed E-state index contributed by atoms with van der Waals surface area (Å²) >= 11 is 0. The van der Waals surface area contributed by atoms with Crippen LogP contribution in [0.25, 0.3) is 0 Å². The number of carbonyl (C=O) groups excluding carboxylic acids is 2. The highest BCUT2D eigenvalue weighted by Crippen LogP contribution is 2.24. The number of amides is 2. The first kappa shape index (κ1) is 22.9. The Morgan fingerprint density at radius 3 is 2.35 bits per heavy atom. The van der Waals surface area contributed by atoms with E-state index in [1.807, 2.05) is 18.2 Å². The van der Waals surface area contributed by atoms with Crippen LogP contribution in [0.2, 0.25) is 0 Å². The van der Waals surface area contributed by atoms with E-state index in [-0.39, 0.29) is 29.5 Å². The van der Waals surface area contributed by atoms with Crippen molar-refractivity contribution in [2.75, 3.05) is 31.5 Å². The number of nitrogens with zero attached hydrogens (tertiary/aromatic N) is 1. The van der Waals surface area contributed by atoms with Crippen molar-refractivity contribution in [1.82, 2.24) is 10.2 Å². The van der Waals surface area contributed by atoms with Gasteiger partial charge in [-0.1, -0.05) is 43.7 Å². The zero-order chi connectivity index (χ0) is 22.1. The van der Waals surface area contributed by atoms with E-state index < -0.39 is 0 Å². The molecule has 2 amide bonds. The molecule has 3 rings (SSSR count). The smallest absolute Gasteiger partial charge is 0.228 e. The molecule has 0 aromatic heterocycles. The number of nitrogens with one attached hydrogen (secondary N) is 2. The molecule has 0 bridgehead atoms. The van der Waals surface area contributed by atoms with Gasteiger partial charge in [-0.25, -0.2) is 4.39 Å². The summed E-state index contributed by atoms with van der Waals surface area (Å²) in [6.07, 6.45) is 3.37. The van der Waals surface area contributed by atoms with Crippen LogP contribution >= 0.6 is 0 Å². The first-order chi connectivity index (χ1) is 15.0. The third kappa shape index (κ3) is 7.17. The van der Waals surface area contributed by atoms with Crippen molar-refractivity contribution in [3.05, 3.63) is 66.0 Å². The van der Waals surface area contributed by atoms with Crippen molar-refractivity contribution < 1.29 is 14.0 Å². The van der Waals surface area contributed by atoms with Gasteiger partial charge in [-0.3, -0.25) is 9.59 Å². The van der Waals surface area contributed by atoms with Crippen LogP contribution in [0.1, 0.15) is 31.7 Å². The Bertz CT molecular complexity index is 842. The highest BCUT2D eigenvalue weighted by atomic mass is 19.1. The van der Waals surface area contributed by atoms with Gasteiger partial charge in [0.05, 0.1) is 11.8 Å². The lowest BCUT2D eigenvalue weighted by Crippen LogP contribution is -2.49. The number of anilines is 1. The summed E-state index contributed by atoms with van der Waals surface area (Å²) in [4.78, 5) is 27.9. The number of carbonyl (C=O) groups is 2. The summed E-state index contributed by atoms with van der Waals surface area (Å²) in [5.41, 5.74) is 1.81. The summed E-state index contributed by atoms with van der Waals surface area (Å²) in [5, 5.41) is 5.91. The average Bonchev–Trinajstić information content (AvgIpc) is 2.79. The Labute approximate surface area is 184 Å². The van der Waals surface area contributed by atoms with E-state index in [1.165, 1.54) is 17.7 Å². The van der Waals surface area contributed by atoms with Gasteiger partial charge in [0.1, 0.15) is 5.82 Å². The Hall–Kier alpha value is -2.73. The van der Waals surface area contributed by atoms with Crippen LogP contribution in [0.3, 0.4) is 0 Å². The van der Waals surface area contributed by atoms with Gasteiger partial charge >= 0.3 is 0 Å². The number of piperidine rings is 1. The van der Waals surface area contributed by atoms with E-state index in [0.717, 1.165) is 25.8 Å². The first-order valence-electron chi connectivity index (χ1n) is 11.2. The molecular weight excluding hydrogens is 393 g/mol. The monoisotopic (exact) mass is 425 g/mol. The van der Waals surface area contributed by atoms with Gasteiger partial charge in [-0.05, 0) is 49.1 Å². The minimum atomic E-state index is -0.341. The summed E-state index contributed by atoms with van der Waals surface area (Å²) in [6.45, 7) is 4.82. The maximum Gasteiger partial charge on any atom is 0.228 e. The predicted molar refractivity (Wildman–Crippen MR) is 121 cm³/mol. The van der Waals surface area contributed by atoms with Crippen LogP contribution < -0.4 is 10.6 Å². The molecule has 5 nitrogen and oxygen atoms in total. The topological polar surface area (TPSA) is 61.4 Å². The fourth-order valence-corrected chi connectivity index (χ4v) is 4.00. The molecule has 0 unspecified atom stereocenters. The lowest BCUT2D eigenvalue weighted by molar-refractivity contribution is -0.129. The first-order valence-corrected chi connectivity index (χ1v) is 11.2. The zero-order valence-corrected chi connectivity index (χ0v) is 18.1. The standard InChI is InChI=1S/C25H32FN3O2/c1-2-3-14-27-24(30)20-16-21(25(31)28-23-11-9-22(26)10-12-23)18-29(17-20)15-13-19-7-5-4-6-8-19/h4-12,20-21H,2-3,13-18H2,1H3,(H,27,30)(H,28,31)/t20-,21+/m0/s1. The summed E-state index contributed by atoms with van der Waals surface area (Å²) in [7, 11) is 0. The number of unbranched alkanes of at least 4 members (excludes halogenated alkanes) is 1. The number of likely N-dealkylation sites (tertiary alicyclic amines) is 1. The van der Waals surface area contributed by atoms with E-state index in [1.54, 1.807) is 12.1 Å². The average molecular weight is 426 g/mol. The maximum absolute atomic E-state index is 13.2. The van der Waals surface area contributed by atoms with E-state index in [2.05, 4.69) is 34.6 Å². The fraction of sp³-hybridized carbons (Fsp3) is 0.440. The van der Waals surface area contributed by atoms with Crippen molar-refractivity contribution in [2.24, 2.45) is 11.8 Å². The predicted octanol–water partition coefficient (Wildman–Crippen LogP) is 3.86. The third-order valence-corrected chi connectivity index (χ3v) is 5.77. The van der Waals surface area contributed by atoms with E-state index in [4.69, 9.17) is 0 Å². The zero-order valence-electron chi connectivity index (χ0n) is 18.1. The van der Waals surface area contributed by atoms with E-state index in [9.17, 15) is 14.0 Å². The molecule has 2 atom stereocenters. The van der Waals surface area contributed by atoms with Crippen LogP contribution in [-0.4, -0.2) is 42.9 Å². The molecule has 6 heteroatoms. The van der Waals surface area contributed by atoms with Gasteiger partial charge in [-0.2, -0.15) is 0 Å². The molecule has 0 saturated carbocycles. The molecular formula is C25H32FN3O2. The summed E-state index contributed by atoms with van der Waals surface area (Å²) in [6, 6.07) is 16.0. The minimum absolute atomic E-state index is 0.0254. The Morgan fingerprint density at radius 2 is 1.68 bits per heavy atom. The molecule has 31 heavy (non-hydrogen) atoms. The lowest BCUT2D eigenvalue weighted by atomic mass is 9.87. The van der Waals surface area contributed by atoms with Crippen LogP contribution in [0.5, 0.6) is 0 Å². The summed E-state index contributed by atoms with van der Waals surface area (Å²) < 4.78 is 13.2. The molecule has 1 aliphatic rings. The number of hydrogen-bond acceptors (Lipinski definition) is 3. The van der Waals surface area contributed by atoms with Crippen molar-refractivity contribution in [3.63, 3.8) is 0 Å². The van der Waals surface area contributed by atoms with Crippen molar-refractivity contribution in [1.29, 1.82) is 0 Å². The molecule has 1 aliphatic heterocycles. The van der Waals surface area contributed by atoms with Crippen LogP contribution in [0, 0.1) is 17.7 Å². The van der Waals surface area contributed by atoms with Gasteiger partial charge in [0.2, 0.25) is 11.8 Å². The minimum Gasteiger partial charge on any atom is -0.356 e. The molecule has 2 aromatic carbocycles.